The van der Waals surface area contributed by atoms with Gasteiger partial charge in [-0.1, -0.05) is 0 Å². The quantitative estimate of drug-likeness (QED) is 0.534. The van der Waals surface area contributed by atoms with Crippen LogP contribution in [0.15, 0.2) is 0 Å². The monoisotopic (exact) mass is 151 g/mol. The van der Waals surface area contributed by atoms with E-state index in [0.717, 1.165) is 6.42 Å². The lowest BCUT2D eigenvalue weighted by Crippen LogP contribution is -2.29. The van der Waals surface area contributed by atoms with Crippen molar-refractivity contribution in [2.24, 2.45) is 0 Å². The van der Waals surface area contributed by atoms with Crippen molar-refractivity contribution in [1.29, 1.82) is 0 Å². The van der Waals surface area contributed by atoms with Crippen LogP contribution in [0.4, 0.5) is 0 Å². The minimum absolute atomic E-state index is 0. The summed E-state index contributed by atoms with van der Waals surface area (Å²) in [7, 11) is 1.76. The summed E-state index contributed by atoms with van der Waals surface area (Å²) in [6, 6.07) is -0.0463. The second kappa shape index (κ2) is 3.69. The Balaban J connectivity index is 0.000000640. The maximum atomic E-state index is 10.5. The summed E-state index contributed by atoms with van der Waals surface area (Å²) in [5.74, 6) is -0.118. The predicted molar refractivity (Wildman–Crippen MR) is 35.7 cm³/mol. The van der Waals surface area contributed by atoms with Gasteiger partial charge in [-0.15, -0.1) is 12.4 Å². The zero-order valence-electron chi connectivity index (χ0n) is 5.22. The molecule has 1 rings (SSSR count). The van der Waals surface area contributed by atoms with Gasteiger partial charge >= 0.3 is 5.97 Å². The van der Waals surface area contributed by atoms with Gasteiger partial charge in [-0.25, -0.2) is 0 Å². The van der Waals surface area contributed by atoms with Crippen molar-refractivity contribution in [3.63, 3.8) is 0 Å². The highest BCUT2D eigenvalue weighted by Gasteiger charge is 2.23. The van der Waals surface area contributed by atoms with E-state index in [1.807, 2.05) is 0 Å². The van der Waals surface area contributed by atoms with Crippen LogP contribution in [-0.4, -0.2) is 25.7 Å². The Morgan fingerprint density at radius 3 is 2.67 bits per heavy atom. The number of nitrogens with one attached hydrogen (secondary N) is 1. The van der Waals surface area contributed by atoms with Crippen LogP contribution in [0, 0.1) is 0 Å². The molecule has 0 radical (unpaired) electrons. The first-order valence-corrected chi connectivity index (χ1v) is 2.68. The number of cyclic esters (lactones) is 1. The van der Waals surface area contributed by atoms with Crippen molar-refractivity contribution in [1.82, 2.24) is 5.32 Å². The van der Waals surface area contributed by atoms with Gasteiger partial charge < -0.3 is 10.1 Å². The van der Waals surface area contributed by atoms with E-state index in [1.165, 1.54) is 0 Å². The molecule has 1 N–H and O–H groups in total. The molecule has 1 aliphatic heterocycles. The molecule has 0 saturated carbocycles. The van der Waals surface area contributed by atoms with Crippen molar-refractivity contribution in [2.75, 3.05) is 13.7 Å². The largest absolute Gasteiger partial charge is 0.464 e. The molecule has 1 atom stereocenters. The molecule has 0 aromatic heterocycles. The first kappa shape index (κ1) is 8.72. The minimum atomic E-state index is -0.118. The average molecular weight is 152 g/mol. The number of esters is 1. The van der Waals surface area contributed by atoms with Gasteiger partial charge in [0.05, 0.1) is 6.61 Å². The van der Waals surface area contributed by atoms with E-state index in [0.29, 0.717) is 6.61 Å². The van der Waals surface area contributed by atoms with E-state index in [2.05, 4.69) is 10.1 Å². The molecule has 0 amide bonds. The summed E-state index contributed by atoms with van der Waals surface area (Å²) in [6.07, 6.45) is 0.815. The van der Waals surface area contributed by atoms with Crippen molar-refractivity contribution in [3.8, 4) is 0 Å². The Labute approximate surface area is 60.2 Å². The van der Waals surface area contributed by atoms with Crippen LogP contribution in [0.5, 0.6) is 0 Å². The molecular weight excluding hydrogens is 142 g/mol. The molecular formula is C5H10ClNO2. The van der Waals surface area contributed by atoms with Gasteiger partial charge in [0.15, 0.2) is 0 Å². The zero-order valence-corrected chi connectivity index (χ0v) is 6.03. The Hall–Kier alpha value is -0.280. The number of hydrogen-bond donors (Lipinski definition) is 1. The van der Waals surface area contributed by atoms with Gasteiger partial charge in [0, 0.05) is 6.42 Å². The van der Waals surface area contributed by atoms with Crippen LogP contribution in [-0.2, 0) is 9.53 Å². The maximum Gasteiger partial charge on any atom is 0.323 e. The molecule has 0 unspecified atom stereocenters. The topological polar surface area (TPSA) is 38.3 Å². The van der Waals surface area contributed by atoms with Crippen molar-refractivity contribution in [2.45, 2.75) is 12.5 Å². The molecule has 1 heterocycles. The molecule has 3 nitrogen and oxygen atoms in total. The second-order valence-electron chi connectivity index (χ2n) is 1.80. The lowest BCUT2D eigenvalue weighted by molar-refractivity contribution is -0.139. The number of rotatable bonds is 1. The van der Waals surface area contributed by atoms with E-state index < -0.39 is 0 Å². The molecule has 0 aromatic rings. The Morgan fingerprint density at radius 2 is 2.44 bits per heavy atom. The highest BCUT2D eigenvalue weighted by Crippen LogP contribution is 2.03. The van der Waals surface area contributed by atoms with E-state index in [4.69, 9.17) is 0 Å². The smallest absolute Gasteiger partial charge is 0.323 e. The number of halogens is 1. The van der Waals surface area contributed by atoms with Crippen LogP contribution in [0.1, 0.15) is 6.42 Å². The summed E-state index contributed by atoms with van der Waals surface area (Å²) in [6.45, 7) is 0.574. The molecule has 0 aliphatic carbocycles. The zero-order chi connectivity index (χ0) is 5.98. The maximum absolute atomic E-state index is 10.5. The van der Waals surface area contributed by atoms with Gasteiger partial charge in [-0.3, -0.25) is 4.79 Å². The Bertz CT molecular complexity index is 107. The van der Waals surface area contributed by atoms with E-state index in [-0.39, 0.29) is 24.4 Å². The Morgan fingerprint density at radius 1 is 1.78 bits per heavy atom. The summed E-state index contributed by atoms with van der Waals surface area (Å²) >= 11 is 0. The fraction of sp³-hybridized carbons (Fsp3) is 0.800. The van der Waals surface area contributed by atoms with Crippen molar-refractivity contribution < 1.29 is 9.53 Å². The number of likely N-dealkylation sites (N-methyl/N-ethyl adjacent to an activating group) is 1. The minimum Gasteiger partial charge on any atom is -0.464 e. The van der Waals surface area contributed by atoms with E-state index in [9.17, 15) is 4.79 Å². The Kier molecular flexibility index (Phi) is 3.58. The van der Waals surface area contributed by atoms with Crippen LogP contribution in [0.2, 0.25) is 0 Å². The lowest BCUT2D eigenvalue weighted by Gasteiger charge is -1.98. The summed E-state index contributed by atoms with van der Waals surface area (Å²) in [4.78, 5) is 10.5. The predicted octanol–water partition coefficient (Wildman–Crippen LogP) is -0.0569. The normalized spacial score (nSPS) is 25.0. The van der Waals surface area contributed by atoms with E-state index in [1.54, 1.807) is 7.05 Å². The fourth-order valence-corrected chi connectivity index (χ4v) is 0.758. The van der Waals surface area contributed by atoms with E-state index >= 15 is 0 Å². The molecule has 0 spiro atoms. The molecule has 0 aromatic carbocycles. The lowest BCUT2D eigenvalue weighted by atomic mass is 10.3. The van der Waals surface area contributed by atoms with Crippen molar-refractivity contribution >= 4 is 18.4 Å². The highest BCUT2D eigenvalue weighted by molar-refractivity contribution is 5.85. The van der Waals surface area contributed by atoms with Gasteiger partial charge in [0.1, 0.15) is 6.04 Å². The van der Waals surface area contributed by atoms with Crippen molar-refractivity contribution in [3.05, 3.63) is 0 Å². The molecule has 4 heteroatoms. The van der Waals surface area contributed by atoms with Gasteiger partial charge in [-0.2, -0.15) is 0 Å². The number of hydrogen-bond acceptors (Lipinski definition) is 3. The van der Waals surface area contributed by atoms with Crippen LogP contribution in [0.25, 0.3) is 0 Å². The third-order valence-electron chi connectivity index (χ3n) is 1.28. The molecule has 54 valence electrons. The summed E-state index contributed by atoms with van der Waals surface area (Å²) in [5, 5.41) is 2.84. The first-order valence-electron chi connectivity index (χ1n) is 2.68. The molecule has 1 aliphatic rings. The van der Waals surface area contributed by atoms with Crippen LogP contribution >= 0.6 is 12.4 Å². The van der Waals surface area contributed by atoms with Gasteiger partial charge in [0.2, 0.25) is 0 Å². The number of ether oxygens (including phenoxy) is 1. The third kappa shape index (κ3) is 1.84. The average Bonchev–Trinajstić information content (AvgIpc) is 2.14. The van der Waals surface area contributed by atoms with Gasteiger partial charge in [0.25, 0.3) is 0 Å². The third-order valence-corrected chi connectivity index (χ3v) is 1.28. The number of carbonyl (C=O) groups is 1. The van der Waals surface area contributed by atoms with Crippen LogP contribution in [0.3, 0.4) is 0 Å². The molecule has 1 fully saturated rings. The SMILES string of the molecule is CN[C@H]1CCOC1=O.Cl. The summed E-state index contributed by atoms with van der Waals surface area (Å²) < 4.78 is 4.65. The molecule has 1 saturated heterocycles. The molecule has 0 bridgehead atoms. The molecule has 9 heavy (non-hydrogen) atoms. The first-order chi connectivity index (χ1) is 3.84. The second-order valence-corrected chi connectivity index (χ2v) is 1.80. The number of carbonyl (C=O) groups excluding carboxylic acids is 1. The van der Waals surface area contributed by atoms with Crippen LogP contribution < -0.4 is 5.32 Å². The fourth-order valence-electron chi connectivity index (χ4n) is 0.758. The van der Waals surface area contributed by atoms with Gasteiger partial charge in [-0.05, 0) is 7.05 Å². The highest BCUT2D eigenvalue weighted by atomic mass is 35.5. The standard InChI is InChI=1S/C5H9NO2.ClH/c1-6-4-2-3-8-5(4)7;/h4,6H,2-3H2,1H3;1H/t4-;/m0./s1. The summed E-state index contributed by atoms with van der Waals surface area (Å²) in [5.41, 5.74) is 0.